The van der Waals surface area contributed by atoms with Crippen molar-refractivity contribution in [1.82, 2.24) is 0 Å². The summed E-state index contributed by atoms with van der Waals surface area (Å²) in [6.07, 6.45) is -7.28. The van der Waals surface area contributed by atoms with Crippen LogP contribution in [0, 0.1) is 5.92 Å². The Bertz CT molecular complexity index is 816. The highest BCUT2D eigenvalue weighted by atomic mass is 28.3. The molecule has 2 aliphatic rings. The number of hydrogen-bond acceptors (Lipinski definition) is 12. The molecular formula is C28H56O12Si2. The first-order chi connectivity index (χ1) is 19.3. The molecule has 42 heavy (non-hydrogen) atoms. The van der Waals surface area contributed by atoms with E-state index in [1.807, 2.05) is 13.8 Å². The molecule has 10 atom stereocenters. The number of aliphatic hydroxyl groups is 4. The number of rotatable bonds is 12. The Labute approximate surface area is 253 Å². The van der Waals surface area contributed by atoms with Crippen molar-refractivity contribution in [3.63, 3.8) is 0 Å². The van der Waals surface area contributed by atoms with Gasteiger partial charge in [-0.1, -0.05) is 53.1 Å². The van der Waals surface area contributed by atoms with Crippen molar-refractivity contribution in [1.29, 1.82) is 0 Å². The molecule has 0 aromatic rings. The van der Waals surface area contributed by atoms with Crippen LogP contribution in [0.2, 0.25) is 51.4 Å². The minimum Gasteiger partial charge on any atom is -0.458 e. The van der Waals surface area contributed by atoms with Gasteiger partial charge in [0, 0.05) is 49.1 Å². The van der Waals surface area contributed by atoms with Crippen LogP contribution >= 0.6 is 0 Å². The maximum atomic E-state index is 11.5. The summed E-state index contributed by atoms with van der Waals surface area (Å²) in [7, 11) is -2.49. The highest BCUT2D eigenvalue weighted by Gasteiger charge is 2.48. The lowest BCUT2D eigenvalue weighted by atomic mass is 9.89. The van der Waals surface area contributed by atoms with Crippen LogP contribution in [0.25, 0.3) is 0 Å². The number of carbonyl (C=O) groups is 2. The minimum absolute atomic E-state index is 0.0832. The molecule has 0 radical (unpaired) electrons. The Balaban J connectivity index is 0.000000437. The molecule has 0 aliphatic carbocycles. The van der Waals surface area contributed by atoms with Crippen molar-refractivity contribution in [2.45, 2.75) is 141 Å². The molecule has 4 N–H and O–H groups in total. The van der Waals surface area contributed by atoms with E-state index in [4.69, 9.17) is 33.5 Å². The van der Waals surface area contributed by atoms with Gasteiger partial charge in [0.1, 0.15) is 30.5 Å². The fraction of sp³-hybridized carbons (Fsp3) is 0.929. The van der Waals surface area contributed by atoms with E-state index in [0.717, 1.165) is 18.5 Å². The van der Waals surface area contributed by atoms with Gasteiger partial charge in [0.2, 0.25) is 0 Å². The third kappa shape index (κ3) is 13.4. The van der Waals surface area contributed by atoms with Crippen LogP contribution in [0.15, 0.2) is 0 Å². The lowest BCUT2D eigenvalue weighted by molar-refractivity contribution is -0.300. The van der Waals surface area contributed by atoms with Gasteiger partial charge in [0.15, 0.2) is 18.7 Å². The number of esters is 2. The Kier molecular flexibility index (Phi) is 16.3. The molecule has 14 heteroatoms. The van der Waals surface area contributed by atoms with Crippen molar-refractivity contribution in [2.75, 3.05) is 19.8 Å². The topological polar surface area (TPSA) is 170 Å². The average Bonchev–Trinajstić information content (AvgIpc) is 2.86. The normalized spacial score (nSPS) is 33.8. The van der Waals surface area contributed by atoms with Crippen LogP contribution in [0.4, 0.5) is 0 Å². The van der Waals surface area contributed by atoms with Crippen LogP contribution < -0.4 is 0 Å². The number of aliphatic hydroxyl groups excluding tert-OH is 4. The standard InChI is InChI=1S/C17H32O6Si.C11H24O6Si/c1-8-14-11(2)15(21-12(3)18)16(22-13(4)19)17(23-14)20-9-10-24(5,6)7;1-18(2,3)5-4-16-11-10(15)9(14)8(13)7(6-12)17-11/h11,14-17H,8-10H2,1-7H3;7-15H,4-6H2,1-3H3/t11-,14-,15+,16-,17-;7-,8-,9+,10-,11-/m11/s1. The monoisotopic (exact) mass is 640 g/mol. The summed E-state index contributed by atoms with van der Waals surface area (Å²) in [5.74, 6) is -0.927. The molecule has 0 amide bonds. The van der Waals surface area contributed by atoms with E-state index in [1.165, 1.54) is 13.8 Å². The van der Waals surface area contributed by atoms with Crippen LogP contribution in [0.3, 0.4) is 0 Å². The van der Waals surface area contributed by atoms with Crippen molar-refractivity contribution < 1.29 is 58.4 Å². The quantitative estimate of drug-likeness (QED) is 0.181. The van der Waals surface area contributed by atoms with Crippen molar-refractivity contribution >= 4 is 28.1 Å². The van der Waals surface area contributed by atoms with E-state index in [1.54, 1.807) is 0 Å². The molecule has 2 aliphatic heterocycles. The lowest BCUT2D eigenvalue weighted by Crippen LogP contribution is -2.59. The maximum absolute atomic E-state index is 11.5. The first-order valence-electron chi connectivity index (χ1n) is 14.8. The molecule has 0 aromatic carbocycles. The van der Waals surface area contributed by atoms with Crippen molar-refractivity contribution in [3.8, 4) is 0 Å². The molecule has 0 saturated carbocycles. The largest absolute Gasteiger partial charge is 0.458 e. The molecule has 2 rings (SSSR count). The van der Waals surface area contributed by atoms with Crippen molar-refractivity contribution in [2.24, 2.45) is 5.92 Å². The smallest absolute Gasteiger partial charge is 0.303 e. The molecule has 0 unspecified atom stereocenters. The van der Waals surface area contributed by atoms with E-state index >= 15 is 0 Å². The van der Waals surface area contributed by atoms with E-state index < -0.39 is 83.9 Å². The Morgan fingerprint density at radius 3 is 1.60 bits per heavy atom. The van der Waals surface area contributed by atoms with Gasteiger partial charge < -0.3 is 48.8 Å². The molecule has 12 nitrogen and oxygen atoms in total. The van der Waals surface area contributed by atoms with Gasteiger partial charge in [-0.25, -0.2) is 0 Å². The molecular weight excluding hydrogens is 584 g/mol. The third-order valence-electron chi connectivity index (χ3n) is 7.13. The molecule has 0 aromatic heterocycles. The van der Waals surface area contributed by atoms with Gasteiger partial charge in [-0.2, -0.15) is 0 Å². The minimum atomic E-state index is -1.37. The van der Waals surface area contributed by atoms with E-state index in [-0.39, 0.29) is 12.0 Å². The summed E-state index contributed by atoms with van der Waals surface area (Å²) >= 11 is 0. The van der Waals surface area contributed by atoms with Gasteiger partial charge in [-0.3, -0.25) is 9.59 Å². The number of hydrogen-bond donors (Lipinski definition) is 4. The van der Waals surface area contributed by atoms with Gasteiger partial charge in [0.25, 0.3) is 0 Å². The van der Waals surface area contributed by atoms with Crippen LogP contribution in [0.5, 0.6) is 0 Å². The zero-order valence-corrected chi connectivity index (χ0v) is 29.1. The second kappa shape index (κ2) is 17.5. The Morgan fingerprint density at radius 1 is 0.714 bits per heavy atom. The average molecular weight is 641 g/mol. The zero-order valence-electron chi connectivity index (χ0n) is 27.1. The lowest BCUT2D eigenvalue weighted by Gasteiger charge is -2.44. The van der Waals surface area contributed by atoms with Crippen LogP contribution in [0.1, 0.15) is 34.1 Å². The molecule has 2 fully saturated rings. The summed E-state index contributed by atoms with van der Waals surface area (Å²) in [6, 6.07) is 1.88. The number of ether oxygens (including phenoxy) is 6. The van der Waals surface area contributed by atoms with Crippen LogP contribution in [-0.4, -0.2) is 124 Å². The molecule has 2 heterocycles. The molecule has 2 saturated heterocycles. The highest BCUT2D eigenvalue weighted by Crippen LogP contribution is 2.33. The van der Waals surface area contributed by atoms with Gasteiger partial charge in [-0.15, -0.1) is 0 Å². The van der Waals surface area contributed by atoms with Crippen LogP contribution in [-0.2, 0) is 38.0 Å². The second-order valence-electron chi connectivity index (χ2n) is 13.5. The first kappa shape index (κ1) is 39.1. The van der Waals surface area contributed by atoms with Gasteiger partial charge in [0.05, 0.1) is 12.7 Å². The van der Waals surface area contributed by atoms with Crippen molar-refractivity contribution in [3.05, 3.63) is 0 Å². The molecule has 248 valence electrons. The number of carbonyl (C=O) groups excluding carboxylic acids is 2. The summed E-state index contributed by atoms with van der Waals surface area (Å²) in [6.45, 7) is 20.6. The highest BCUT2D eigenvalue weighted by molar-refractivity contribution is 6.76. The predicted molar refractivity (Wildman–Crippen MR) is 161 cm³/mol. The molecule has 0 bridgehead atoms. The predicted octanol–water partition coefficient (Wildman–Crippen LogP) is 2.12. The summed E-state index contributed by atoms with van der Waals surface area (Å²) in [4.78, 5) is 23.0. The third-order valence-corrected chi connectivity index (χ3v) is 10.5. The van der Waals surface area contributed by atoms with E-state index in [0.29, 0.717) is 13.2 Å². The van der Waals surface area contributed by atoms with Gasteiger partial charge >= 0.3 is 11.9 Å². The first-order valence-corrected chi connectivity index (χ1v) is 22.3. The van der Waals surface area contributed by atoms with E-state index in [2.05, 4.69) is 39.3 Å². The zero-order chi connectivity index (χ0) is 32.4. The van der Waals surface area contributed by atoms with E-state index in [9.17, 15) is 24.9 Å². The second-order valence-corrected chi connectivity index (χ2v) is 24.8. The maximum Gasteiger partial charge on any atom is 0.303 e. The van der Waals surface area contributed by atoms with Gasteiger partial charge in [-0.05, 0) is 18.5 Å². The summed E-state index contributed by atoms with van der Waals surface area (Å²) in [5, 5.41) is 37.9. The summed E-state index contributed by atoms with van der Waals surface area (Å²) in [5.41, 5.74) is 0. The molecule has 0 spiro atoms. The summed E-state index contributed by atoms with van der Waals surface area (Å²) < 4.78 is 33.4. The fourth-order valence-corrected chi connectivity index (χ4v) is 5.95. The Hall–Kier alpha value is -0.946. The Morgan fingerprint density at radius 2 is 1.17 bits per heavy atom. The fourth-order valence-electron chi connectivity index (χ4n) is 4.49. The SMILES string of the molecule is CC[C@H]1O[C@@H](OCC[Si](C)(C)C)[C@H](OC(C)=O)[C@@H](OC(C)=O)[C@@H]1C.C[Si](C)(C)CCO[C@@H]1O[C@H](CO)[C@@H](O)[C@H](O)[C@H]1O.